The second-order valence-corrected chi connectivity index (χ2v) is 12.1. The van der Waals surface area contributed by atoms with Gasteiger partial charge in [-0.1, -0.05) is 75.7 Å². The molecule has 1 fully saturated rings. The number of hydrogen-bond acceptors (Lipinski definition) is 5. The van der Waals surface area contributed by atoms with Crippen LogP contribution in [0.25, 0.3) is 0 Å². The molecule has 1 N–H and O–H groups in total. The molecule has 1 heterocycles. The number of hydrogen-bond donors (Lipinski definition) is 1. The largest absolute Gasteiger partial charge is 0.485 e. The van der Waals surface area contributed by atoms with Crippen LogP contribution in [-0.2, 0) is 30.3 Å². The third kappa shape index (κ3) is 4.95. The summed E-state index contributed by atoms with van der Waals surface area (Å²) in [4.78, 5) is 4.50. The lowest BCUT2D eigenvalue weighted by molar-refractivity contribution is -0.0565. The average Bonchev–Trinajstić information content (AvgIpc) is 3.34. The van der Waals surface area contributed by atoms with Gasteiger partial charge in [0.15, 0.2) is 6.61 Å². The highest BCUT2D eigenvalue weighted by atomic mass is 16.5. The zero-order valence-electron chi connectivity index (χ0n) is 22.2. The maximum absolute atomic E-state index is 11.4. The van der Waals surface area contributed by atoms with Gasteiger partial charge in [-0.25, -0.2) is 0 Å². The fourth-order valence-electron chi connectivity index (χ4n) is 6.58. The molecule has 1 saturated carbocycles. The van der Waals surface area contributed by atoms with Gasteiger partial charge in [0.05, 0.1) is 5.60 Å². The van der Waals surface area contributed by atoms with E-state index in [9.17, 15) is 5.11 Å². The van der Waals surface area contributed by atoms with Crippen molar-refractivity contribution in [3.05, 3.63) is 76.9 Å². The molecule has 2 aromatic carbocycles. The number of ether oxygens (including phenoxy) is 1. The summed E-state index contributed by atoms with van der Waals surface area (Å²) in [5, 5.41) is 15.5. The minimum absolute atomic E-state index is 0.0583. The summed E-state index contributed by atoms with van der Waals surface area (Å²) in [6.45, 7) is 8.64. The van der Waals surface area contributed by atoms with Crippen molar-refractivity contribution in [2.45, 2.75) is 102 Å². The van der Waals surface area contributed by atoms with Crippen molar-refractivity contribution in [2.75, 3.05) is 0 Å². The average molecular weight is 489 g/mol. The molecular formula is C31H40N2O3. The molecule has 0 radical (unpaired) electrons. The number of nitrogens with zero attached hydrogens (tertiary/aromatic N) is 2. The summed E-state index contributed by atoms with van der Waals surface area (Å²) >= 11 is 0. The Morgan fingerprint density at radius 1 is 1.11 bits per heavy atom. The minimum Gasteiger partial charge on any atom is -0.485 e. The second kappa shape index (κ2) is 9.66. The smallest absolute Gasteiger partial charge is 0.232 e. The highest BCUT2D eigenvalue weighted by Gasteiger charge is 2.51. The third-order valence-electron chi connectivity index (χ3n) is 8.37. The molecule has 1 aromatic heterocycles. The summed E-state index contributed by atoms with van der Waals surface area (Å²) in [5.41, 5.74) is 3.57. The number of aromatic nitrogens is 2. The first-order valence-electron chi connectivity index (χ1n) is 13.6. The fraction of sp³-hybridized carbons (Fsp3) is 0.548. The van der Waals surface area contributed by atoms with Crippen molar-refractivity contribution in [3.63, 3.8) is 0 Å². The zero-order valence-corrected chi connectivity index (χ0v) is 22.2. The van der Waals surface area contributed by atoms with E-state index in [1.54, 1.807) is 0 Å². The van der Waals surface area contributed by atoms with Gasteiger partial charge in [0.25, 0.3) is 0 Å². The van der Waals surface area contributed by atoms with E-state index in [4.69, 9.17) is 9.26 Å². The Morgan fingerprint density at radius 3 is 2.64 bits per heavy atom. The molecular weight excluding hydrogens is 448 g/mol. The molecule has 0 saturated heterocycles. The van der Waals surface area contributed by atoms with E-state index in [1.165, 1.54) is 16.7 Å². The second-order valence-electron chi connectivity index (χ2n) is 12.1. The normalized spacial score (nSPS) is 25.8. The van der Waals surface area contributed by atoms with Gasteiger partial charge in [0.1, 0.15) is 5.75 Å². The molecule has 36 heavy (non-hydrogen) atoms. The van der Waals surface area contributed by atoms with E-state index in [2.05, 4.69) is 86.4 Å². The lowest BCUT2D eigenvalue weighted by atomic mass is 9.52. The standard InChI is InChI=1S/C31H40N2O3/c1-5-15-30(34)16-17-31(19-22-9-7-6-8-10-22)24(20-30)12-11-23-18-25(13-14-26(23)31)35-21-27-32-28(36-33-27)29(2,3)4/h6-10,13-14,18,24,34H,5,11-12,15-17,19-21H2,1-4H3/t24-,30-,31+/m1/s1. The van der Waals surface area contributed by atoms with E-state index in [0.29, 0.717) is 24.2 Å². The van der Waals surface area contributed by atoms with Gasteiger partial charge >= 0.3 is 0 Å². The predicted molar refractivity (Wildman–Crippen MR) is 141 cm³/mol. The molecule has 5 heteroatoms. The molecule has 192 valence electrons. The fourth-order valence-corrected chi connectivity index (χ4v) is 6.58. The Labute approximate surface area is 215 Å². The Bertz CT molecular complexity index is 1180. The topological polar surface area (TPSA) is 68.4 Å². The van der Waals surface area contributed by atoms with Crippen molar-refractivity contribution in [1.29, 1.82) is 0 Å². The Balaban J connectivity index is 1.41. The van der Waals surface area contributed by atoms with Crippen molar-refractivity contribution < 1.29 is 14.4 Å². The summed E-state index contributed by atoms with van der Waals surface area (Å²) < 4.78 is 11.5. The van der Waals surface area contributed by atoms with Crippen molar-refractivity contribution in [3.8, 4) is 5.75 Å². The number of benzene rings is 2. The van der Waals surface area contributed by atoms with Crippen molar-refractivity contribution in [2.24, 2.45) is 5.92 Å². The third-order valence-corrected chi connectivity index (χ3v) is 8.37. The number of rotatable bonds is 7. The van der Waals surface area contributed by atoms with Gasteiger partial charge in [-0.05, 0) is 79.7 Å². The first-order valence-corrected chi connectivity index (χ1v) is 13.6. The Hall–Kier alpha value is -2.66. The number of aryl methyl sites for hydroxylation is 1. The van der Waals surface area contributed by atoms with Crippen LogP contribution in [0.1, 0.15) is 94.6 Å². The highest BCUT2D eigenvalue weighted by Crippen LogP contribution is 2.55. The number of aliphatic hydroxyl groups is 1. The molecule has 2 aliphatic carbocycles. The van der Waals surface area contributed by atoms with Gasteiger partial charge in [-0.15, -0.1) is 0 Å². The van der Waals surface area contributed by atoms with Gasteiger partial charge in [-0.3, -0.25) is 0 Å². The quantitative estimate of drug-likeness (QED) is 0.401. The van der Waals surface area contributed by atoms with Crippen molar-refractivity contribution in [1.82, 2.24) is 10.1 Å². The molecule has 0 spiro atoms. The van der Waals surface area contributed by atoms with E-state index < -0.39 is 5.60 Å². The minimum atomic E-state index is -0.517. The summed E-state index contributed by atoms with van der Waals surface area (Å²) in [6, 6.07) is 17.5. The van der Waals surface area contributed by atoms with Crippen LogP contribution in [0.3, 0.4) is 0 Å². The molecule has 3 atom stereocenters. The van der Waals surface area contributed by atoms with Crippen LogP contribution >= 0.6 is 0 Å². The van der Waals surface area contributed by atoms with E-state index >= 15 is 0 Å². The van der Waals surface area contributed by atoms with Crippen LogP contribution in [0.2, 0.25) is 0 Å². The number of fused-ring (bicyclic) bond motifs is 3. The summed E-state index contributed by atoms with van der Waals surface area (Å²) in [5.74, 6) is 2.53. The molecule has 0 amide bonds. The van der Waals surface area contributed by atoms with Crippen LogP contribution in [0.5, 0.6) is 5.75 Å². The van der Waals surface area contributed by atoms with Gasteiger partial charge in [0, 0.05) is 10.8 Å². The molecule has 2 aliphatic rings. The maximum atomic E-state index is 11.4. The SMILES string of the molecule is CCC[C@@]1(O)CC[C@@]2(Cc3ccccc3)c3ccc(OCc4noc(C(C)(C)C)n4)cc3CC[C@@H]2C1. The molecule has 3 aromatic rings. The monoisotopic (exact) mass is 488 g/mol. The van der Waals surface area contributed by atoms with Crippen LogP contribution in [0, 0.1) is 5.92 Å². The van der Waals surface area contributed by atoms with Gasteiger partial charge in [-0.2, -0.15) is 4.98 Å². The van der Waals surface area contributed by atoms with Gasteiger partial charge in [0.2, 0.25) is 11.7 Å². The van der Waals surface area contributed by atoms with E-state index in [-0.39, 0.29) is 10.8 Å². The maximum Gasteiger partial charge on any atom is 0.232 e. The molecule has 0 aliphatic heterocycles. The van der Waals surface area contributed by atoms with E-state index in [1.807, 2.05) is 0 Å². The molecule has 5 rings (SSSR count). The predicted octanol–water partition coefficient (Wildman–Crippen LogP) is 6.70. The zero-order chi connectivity index (χ0) is 25.4. The van der Waals surface area contributed by atoms with Crippen LogP contribution in [-0.4, -0.2) is 20.8 Å². The van der Waals surface area contributed by atoms with Crippen LogP contribution in [0.4, 0.5) is 0 Å². The Kier molecular flexibility index (Phi) is 6.71. The highest BCUT2D eigenvalue weighted by molar-refractivity contribution is 5.45. The lowest BCUT2D eigenvalue weighted by Crippen LogP contribution is -2.51. The van der Waals surface area contributed by atoms with Crippen molar-refractivity contribution >= 4 is 0 Å². The first-order chi connectivity index (χ1) is 17.2. The first kappa shape index (κ1) is 25.0. The van der Waals surface area contributed by atoms with E-state index in [0.717, 1.165) is 57.1 Å². The molecule has 0 unspecified atom stereocenters. The molecule has 0 bridgehead atoms. The summed E-state index contributed by atoms with van der Waals surface area (Å²) in [7, 11) is 0. The Morgan fingerprint density at radius 2 is 1.92 bits per heavy atom. The lowest BCUT2D eigenvalue weighted by Gasteiger charge is -2.53. The van der Waals surface area contributed by atoms with Crippen LogP contribution < -0.4 is 4.74 Å². The summed E-state index contributed by atoms with van der Waals surface area (Å²) in [6.07, 6.45) is 7.87. The van der Waals surface area contributed by atoms with Gasteiger partial charge < -0.3 is 14.4 Å². The molecule has 5 nitrogen and oxygen atoms in total. The van der Waals surface area contributed by atoms with Crippen LogP contribution in [0.15, 0.2) is 53.1 Å².